The molecule has 4 rings (SSSR count). The lowest BCUT2D eigenvalue weighted by atomic mass is 9.79. The SMILES string of the molecule is CCC[C@H]1CC[C@@H](Oc2ccc(=N)n(C(=N)N3C(C)CCCC3C)c2)c2ccccc21. The van der Waals surface area contributed by atoms with Crippen molar-refractivity contribution in [3.05, 3.63) is 59.2 Å². The van der Waals surface area contributed by atoms with Crippen molar-refractivity contribution in [3.8, 4) is 5.75 Å². The molecule has 0 radical (unpaired) electrons. The highest BCUT2D eigenvalue weighted by Gasteiger charge is 2.29. The van der Waals surface area contributed by atoms with Gasteiger partial charge in [-0.05, 0) is 81.5 Å². The highest BCUT2D eigenvalue weighted by atomic mass is 16.5. The first kappa shape index (κ1) is 21.7. The smallest absolute Gasteiger partial charge is 0.204 e. The van der Waals surface area contributed by atoms with Crippen LogP contribution in [-0.2, 0) is 0 Å². The van der Waals surface area contributed by atoms with Gasteiger partial charge in [-0.2, -0.15) is 0 Å². The Morgan fingerprint density at radius 3 is 2.42 bits per heavy atom. The molecule has 1 aliphatic carbocycles. The van der Waals surface area contributed by atoms with Crippen LogP contribution in [0.2, 0.25) is 0 Å². The van der Waals surface area contributed by atoms with Gasteiger partial charge in [-0.15, -0.1) is 0 Å². The molecule has 5 nitrogen and oxygen atoms in total. The summed E-state index contributed by atoms with van der Waals surface area (Å²) in [5.74, 6) is 1.73. The molecule has 2 aromatic rings. The summed E-state index contributed by atoms with van der Waals surface area (Å²) in [4.78, 5) is 2.15. The number of hydrogen-bond donors (Lipinski definition) is 2. The van der Waals surface area contributed by atoms with Gasteiger partial charge in [0.15, 0.2) is 0 Å². The van der Waals surface area contributed by atoms with E-state index in [-0.39, 0.29) is 6.10 Å². The predicted molar refractivity (Wildman–Crippen MR) is 125 cm³/mol. The lowest BCUT2D eigenvalue weighted by molar-refractivity contribution is 0.172. The largest absolute Gasteiger partial charge is 0.484 e. The second-order valence-electron chi connectivity index (χ2n) is 9.28. The molecule has 0 saturated carbocycles. The number of rotatable bonds is 4. The van der Waals surface area contributed by atoms with Crippen LogP contribution < -0.4 is 10.2 Å². The van der Waals surface area contributed by atoms with Gasteiger partial charge >= 0.3 is 0 Å². The third-order valence-corrected chi connectivity index (χ3v) is 7.06. The van der Waals surface area contributed by atoms with Crippen LogP contribution in [0.1, 0.15) is 88.9 Å². The molecule has 1 fully saturated rings. The summed E-state index contributed by atoms with van der Waals surface area (Å²) in [6.45, 7) is 6.62. The number of aromatic nitrogens is 1. The molecule has 2 N–H and O–H groups in total. The third-order valence-electron chi connectivity index (χ3n) is 7.06. The van der Waals surface area contributed by atoms with Crippen molar-refractivity contribution in [2.24, 2.45) is 0 Å². The van der Waals surface area contributed by atoms with Crippen molar-refractivity contribution in [1.29, 1.82) is 10.8 Å². The fourth-order valence-electron chi connectivity index (χ4n) is 5.46. The number of piperidine rings is 1. The molecule has 0 spiro atoms. The number of hydrogen-bond acceptors (Lipinski definition) is 3. The van der Waals surface area contributed by atoms with Crippen molar-refractivity contribution in [3.63, 3.8) is 0 Å². The topological polar surface area (TPSA) is 65.1 Å². The Morgan fingerprint density at radius 2 is 1.71 bits per heavy atom. The lowest BCUT2D eigenvalue weighted by Gasteiger charge is -2.41. The lowest BCUT2D eigenvalue weighted by Crippen LogP contribution is -2.51. The second kappa shape index (κ2) is 9.29. The number of pyridine rings is 1. The van der Waals surface area contributed by atoms with Crippen molar-refractivity contribution < 1.29 is 4.74 Å². The van der Waals surface area contributed by atoms with Crippen LogP contribution in [0.5, 0.6) is 5.75 Å². The van der Waals surface area contributed by atoms with Gasteiger partial charge in [0.1, 0.15) is 17.3 Å². The van der Waals surface area contributed by atoms with E-state index in [4.69, 9.17) is 15.6 Å². The van der Waals surface area contributed by atoms with Crippen molar-refractivity contribution in [2.75, 3.05) is 0 Å². The molecule has 166 valence electrons. The van der Waals surface area contributed by atoms with E-state index in [0.717, 1.165) is 31.4 Å². The number of fused-ring (bicyclic) bond motifs is 1. The molecule has 2 heterocycles. The first-order valence-electron chi connectivity index (χ1n) is 11.9. The molecule has 0 amide bonds. The van der Waals surface area contributed by atoms with Gasteiger partial charge in [-0.3, -0.25) is 15.4 Å². The van der Waals surface area contributed by atoms with Crippen LogP contribution in [0.15, 0.2) is 42.6 Å². The molecule has 2 unspecified atom stereocenters. The minimum Gasteiger partial charge on any atom is -0.484 e. The molecule has 0 bridgehead atoms. The van der Waals surface area contributed by atoms with Crippen LogP contribution in [0.4, 0.5) is 0 Å². The maximum atomic E-state index is 8.85. The first-order chi connectivity index (χ1) is 15.0. The van der Waals surface area contributed by atoms with Crippen LogP contribution in [0.3, 0.4) is 0 Å². The summed E-state index contributed by atoms with van der Waals surface area (Å²) >= 11 is 0. The molecule has 1 aliphatic heterocycles. The van der Waals surface area contributed by atoms with Gasteiger partial charge in [-0.1, -0.05) is 37.6 Å². The van der Waals surface area contributed by atoms with Crippen molar-refractivity contribution >= 4 is 5.96 Å². The van der Waals surface area contributed by atoms with Gasteiger partial charge < -0.3 is 9.64 Å². The van der Waals surface area contributed by atoms with E-state index in [1.165, 1.54) is 30.4 Å². The van der Waals surface area contributed by atoms with Crippen LogP contribution in [0.25, 0.3) is 0 Å². The van der Waals surface area contributed by atoms with Gasteiger partial charge in [0.05, 0.1) is 6.20 Å². The van der Waals surface area contributed by atoms with E-state index in [1.807, 2.05) is 12.3 Å². The molecule has 4 atom stereocenters. The number of benzene rings is 1. The molecule has 31 heavy (non-hydrogen) atoms. The van der Waals surface area contributed by atoms with Crippen LogP contribution >= 0.6 is 0 Å². The van der Waals surface area contributed by atoms with E-state index in [9.17, 15) is 0 Å². The number of nitrogens with one attached hydrogen (secondary N) is 2. The van der Waals surface area contributed by atoms with Gasteiger partial charge in [0, 0.05) is 12.1 Å². The molecule has 5 heteroatoms. The third kappa shape index (κ3) is 4.41. The molecular formula is C26H36N4O. The maximum Gasteiger partial charge on any atom is 0.204 e. The van der Waals surface area contributed by atoms with Crippen molar-refractivity contribution in [1.82, 2.24) is 9.47 Å². The Hall–Kier alpha value is -2.56. The number of nitrogens with zero attached hydrogens (tertiary/aromatic N) is 2. The minimum atomic E-state index is 0.0244. The monoisotopic (exact) mass is 420 g/mol. The van der Waals surface area contributed by atoms with E-state index < -0.39 is 0 Å². The summed E-state index contributed by atoms with van der Waals surface area (Å²) < 4.78 is 8.14. The fraction of sp³-hybridized carbons (Fsp3) is 0.538. The van der Waals surface area contributed by atoms with E-state index in [0.29, 0.717) is 29.4 Å². The molecule has 2 aliphatic rings. The van der Waals surface area contributed by atoms with Crippen LogP contribution in [-0.4, -0.2) is 27.5 Å². The highest BCUT2D eigenvalue weighted by Crippen LogP contribution is 2.41. The summed E-state index contributed by atoms with van der Waals surface area (Å²) in [5, 5.41) is 17.2. The molecule has 1 saturated heterocycles. The fourth-order valence-corrected chi connectivity index (χ4v) is 5.46. The average Bonchev–Trinajstić information content (AvgIpc) is 2.76. The predicted octanol–water partition coefficient (Wildman–Crippen LogP) is 5.81. The summed E-state index contributed by atoms with van der Waals surface area (Å²) in [5.41, 5.74) is 3.03. The standard InChI is InChI=1S/C26H36N4O/c1-4-8-20-13-15-24(23-12-6-5-11-22(20)23)31-21-14-16-25(27)29(17-21)26(28)30-18(2)9-7-10-19(30)3/h5-6,11-12,14,16-20,24,27-28H,4,7-10,13,15H2,1-3H3/t18?,19?,20-,24+/m0/s1. The van der Waals surface area contributed by atoms with Gasteiger partial charge in [0.25, 0.3) is 0 Å². The second-order valence-corrected chi connectivity index (χ2v) is 9.28. The maximum absolute atomic E-state index is 8.85. The van der Waals surface area contributed by atoms with Gasteiger partial charge in [-0.25, -0.2) is 0 Å². The zero-order chi connectivity index (χ0) is 22.0. The van der Waals surface area contributed by atoms with E-state index in [1.54, 1.807) is 10.6 Å². The zero-order valence-electron chi connectivity index (χ0n) is 19.1. The normalized spacial score (nSPS) is 25.7. The van der Waals surface area contributed by atoms with Gasteiger partial charge in [0.2, 0.25) is 5.96 Å². The Bertz CT molecular complexity index is 971. The first-order valence-corrected chi connectivity index (χ1v) is 11.9. The summed E-state index contributed by atoms with van der Waals surface area (Å²) in [6, 6.07) is 12.9. The zero-order valence-corrected chi connectivity index (χ0v) is 19.1. The molecular weight excluding hydrogens is 384 g/mol. The Balaban J connectivity index is 1.59. The molecule has 1 aromatic heterocycles. The number of ether oxygens (including phenoxy) is 1. The van der Waals surface area contributed by atoms with Crippen molar-refractivity contribution in [2.45, 2.75) is 89.8 Å². The Morgan fingerprint density at radius 1 is 1.00 bits per heavy atom. The summed E-state index contributed by atoms with van der Waals surface area (Å²) in [6.07, 6.45) is 9.81. The Labute approximate surface area is 186 Å². The molecule has 1 aromatic carbocycles. The van der Waals surface area contributed by atoms with E-state index in [2.05, 4.69) is 49.9 Å². The number of likely N-dealkylation sites (tertiary alicyclic amines) is 1. The Kier molecular flexibility index (Phi) is 6.49. The van der Waals surface area contributed by atoms with Crippen LogP contribution in [0, 0.1) is 10.8 Å². The quantitative estimate of drug-likeness (QED) is 0.484. The van der Waals surface area contributed by atoms with E-state index >= 15 is 0 Å². The minimum absolute atomic E-state index is 0.0244. The summed E-state index contributed by atoms with van der Waals surface area (Å²) in [7, 11) is 0. The average molecular weight is 421 g/mol. The highest BCUT2D eigenvalue weighted by molar-refractivity contribution is 5.80.